The average Bonchev–Trinajstić information content (AvgIpc) is 2.52. The first kappa shape index (κ1) is 13.2. The third-order valence-corrected chi connectivity index (χ3v) is 2.94. The van der Waals surface area contributed by atoms with Gasteiger partial charge in [0.2, 0.25) is 5.95 Å². The van der Waals surface area contributed by atoms with E-state index in [9.17, 15) is 0 Å². The van der Waals surface area contributed by atoms with E-state index in [1.807, 2.05) is 37.3 Å². The summed E-state index contributed by atoms with van der Waals surface area (Å²) in [5, 5.41) is 1.02. The largest absolute Gasteiger partial charge is 0.463 e. The summed E-state index contributed by atoms with van der Waals surface area (Å²) < 4.78 is 5.45. The number of para-hydroxylation sites is 1. The topological polar surface area (TPSA) is 86.8 Å². The van der Waals surface area contributed by atoms with Gasteiger partial charge >= 0.3 is 6.01 Å². The van der Waals surface area contributed by atoms with Crippen LogP contribution in [0.5, 0.6) is 6.01 Å². The fourth-order valence-electron chi connectivity index (χ4n) is 2.04. The van der Waals surface area contributed by atoms with Crippen molar-refractivity contribution in [3.05, 3.63) is 36.5 Å². The molecule has 6 heteroatoms. The van der Waals surface area contributed by atoms with E-state index in [0.29, 0.717) is 12.4 Å². The standard InChI is InChI=1S/C15H15N5O/c1-2-9-21-15-19-13(18-14(16)20-15)11-7-3-5-10-6-4-8-17-12(10)11/h3-8H,2,9H2,1H3,(H2,16,18,19,20). The molecule has 6 nitrogen and oxygen atoms in total. The lowest BCUT2D eigenvalue weighted by atomic mass is 10.1. The molecule has 0 saturated carbocycles. The first-order valence-corrected chi connectivity index (χ1v) is 6.76. The number of benzene rings is 1. The molecule has 2 N–H and O–H groups in total. The Balaban J connectivity index is 2.12. The molecule has 0 aliphatic carbocycles. The van der Waals surface area contributed by atoms with Gasteiger partial charge in [-0.15, -0.1) is 0 Å². The van der Waals surface area contributed by atoms with Gasteiger partial charge in [0, 0.05) is 17.1 Å². The molecule has 3 aromatic rings. The molecule has 0 aliphatic rings. The summed E-state index contributed by atoms with van der Waals surface area (Å²) in [7, 11) is 0. The number of hydrogen-bond donors (Lipinski definition) is 1. The third kappa shape index (κ3) is 2.74. The van der Waals surface area contributed by atoms with Crippen LogP contribution >= 0.6 is 0 Å². The van der Waals surface area contributed by atoms with E-state index in [2.05, 4.69) is 19.9 Å². The van der Waals surface area contributed by atoms with Crippen LogP contribution in [0, 0.1) is 0 Å². The molecule has 3 rings (SSSR count). The molecule has 0 spiro atoms. The molecule has 21 heavy (non-hydrogen) atoms. The normalized spacial score (nSPS) is 10.7. The molecule has 1 aromatic carbocycles. The van der Waals surface area contributed by atoms with Crippen LogP contribution in [0.1, 0.15) is 13.3 Å². The predicted molar refractivity (Wildman–Crippen MR) is 80.8 cm³/mol. The van der Waals surface area contributed by atoms with Crippen LogP contribution in [0.4, 0.5) is 5.95 Å². The van der Waals surface area contributed by atoms with Gasteiger partial charge in [0.05, 0.1) is 12.1 Å². The van der Waals surface area contributed by atoms with Gasteiger partial charge in [-0.3, -0.25) is 4.98 Å². The van der Waals surface area contributed by atoms with E-state index < -0.39 is 0 Å². The van der Waals surface area contributed by atoms with E-state index in [1.165, 1.54) is 0 Å². The number of anilines is 1. The minimum Gasteiger partial charge on any atom is -0.463 e. The van der Waals surface area contributed by atoms with Crippen molar-refractivity contribution in [1.82, 2.24) is 19.9 Å². The van der Waals surface area contributed by atoms with Crippen molar-refractivity contribution < 1.29 is 4.74 Å². The number of nitrogen functional groups attached to an aromatic ring is 1. The zero-order valence-corrected chi connectivity index (χ0v) is 11.7. The third-order valence-electron chi connectivity index (χ3n) is 2.94. The van der Waals surface area contributed by atoms with E-state index >= 15 is 0 Å². The van der Waals surface area contributed by atoms with E-state index in [1.54, 1.807) is 6.20 Å². The van der Waals surface area contributed by atoms with Crippen LogP contribution in [-0.4, -0.2) is 26.5 Å². The molecule has 0 bridgehead atoms. The Hall–Kier alpha value is -2.76. The fraction of sp³-hybridized carbons (Fsp3) is 0.200. The second-order valence-electron chi connectivity index (χ2n) is 4.53. The summed E-state index contributed by atoms with van der Waals surface area (Å²) in [5.74, 6) is 0.608. The molecule has 2 heterocycles. The zero-order chi connectivity index (χ0) is 14.7. The Labute approximate surface area is 122 Å². The summed E-state index contributed by atoms with van der Waals surface area (Å²) in [6, 6.07) is 9.96. The first-order chi connectivity index (χ1) is 10.3. The molecule has 0 unspecified atom stereocenters. The van der Waals surface area contributed by atoms with Crippen molar-refractivity contribution >= 4 is 16.9 Å². The number of aromatic nitrogens is 4. The lowest BCUT2D eigenvalue weighted by Gasteiger charge is -2.07. The van der Waals surface area contributed by atoms with Crippen molar-refractivity contribution in [3.63, 3.8) is 0 Å². The Morgan fingerprint density at radius 2 is 1.95 bits per heavy atom. The number of fused-ring (bicyclic) bond motifs is 1. The van der Waals surface area contributed by atoms with Gasteiger partial charge in [-0.25, -0.2) is 0 Å². The van der Waals surface area contributed by atoms with E-state index in [4.69, 9.17) is 10.5 Å². The molecular weight excluding hydrogens is 266 g/mol. The number of ether oxygens (including phenoxy) is 1. The quantitative estimate of drug-likeness (QED) is 0.790. The Morgan fingerprint density at radius 1 is 1.10 bits per heavy atom. The number of hydrogen-bond acceptors (Lipinski definition) is 6. The Kier molecular flexibility index (Phi) is 3.59. The van der Waals surface area contributed by atoms with E-state index in [0.717, 1.165) is 22.9 Å². The monoisotopic (exact) mass is 281 g/mol. The summed E-state index contributed by atoms with van der Waals surface area (Å²) in [6.45, 7) is 2.55. The minimum atomic E-state index is 0.138. The maximum Gasteiger partial charge on any atom is 0.321 e. The number of nitrogens with two attached hydrogens (primary N) is 1. The van der Waals surface area contributed by atoms with Gasteiger partial charge in [0.1, 0.15) is 0 Å². The molecular formula is C15H15N5O. The highest BCUT2D eigenvalue weighted by Gasteiger charge is 2.11. The highest BCUT2D eigenvalue weighted by Crippen LogP contribution is 2.25. The van der Waals surface area contributed by atoms with Crippen LogP contribution < -0.4 is 10.5 Å². The van der Waals surface area contributed by atoms with Crippen LogP contribution in [0.2, 0.25) is 0 Å². The molecule has 0 aliphatic heterocycles. The second-order valence-corrected chi connectivity index (χ2v) is 4.53. The lowest BCUT2D eigenvalue weighted by molar-refractivity contribution is 0.292. The minimum absolute atomic E-state index is 0.138. The average molecular weight is 281 g/mol. The number of nitrogens with zero attached hydrogens (tertiary/aromatic N) is 4. The summed E-state index contributed by atoms with van der Waals surface area (Å²) in [6.07, 6.45) is 2.61. The highest BCUT2D eigenvalue weighted by atomic mass is 16.5. The zero-order valence-electron chi connectivity index (χ0n) is 11.7. The van der Waals surface area contributed by atoms with E-state index in [-0.39, 0.29) is 12.0 Å². The van der Waals surface area contributed by atoms with Crippen molar-refractivity contribution in [2.24, 2.45) is 0 Å². The van der Waals surface area contributed by atoms with Gasteiger partial charge in [0.15, 0.2) is 5.82 Å². The Morgan fingerprint density at radius 3 is 2.81 bits per heavy atom. The predicted octanol–water partition coefficient (Wildman–Crippen LogP) is 2.46. The summed E-state index contributed by atoms with van der Waals surface area (Å²) in [4.78, 5) is 16.9. The van der Waals surface area contributed by atoms with Crippen molar-refractivity contribution in [2.45, 2.75) is 13.3 Å². The number of rotatable bonds is 4. The molecule has 0 atom stereocenters. The SMILES string of the molecule is CCCOc1nc(N)nc(-c2cccc3cccnc23)n1. The van der Waals surface area contributed by atoms with Crippen molar-refractivity contribution in [3.8, 4) is 17.4 Å². The maximum absolute atomic E-state index is 5.75. The first-order valence-electron chi connectivity index (χ1n) is 6.76. The maximum atomic E-state index is 5.75. The molecule has 0 fully saturated rings. The Bertz CT molecular complexity index is 770. The smallest absolute Gasteiger partial charge is 0.321 e. The van der Waals surface area contributed by atoms with Crippen LogP contribution in [-0.2, 0) is 0 Å². The second kappa shape index (κ2) is 5.70. The fourth-order valence-corrected chi connectivity index (χ4v) is 2.04. The highest BCUT2D eigenvalue weighted by molar-refractivity contribution is 5.91. The van der Waals surface area contributed by atoms with Gasteiger partial charge < -0.3 is 10.5 Å². The van der Waals surface area contributed by atoms with Crippen LogP contribution in [0.3, 0.4) is 0 Å². The van der Waals surface area contributed by atoms with Crippen molar-refractivity contribution in [1.29, 1.82) is 0 Å². The van der Waals surface area contributed by atoms with Gasteiger partial charge in [-0.2, -0.15) is 15.0 Å². The van der Waals surface area contributed by atoms with Gasteiger partial charge in [-0.05, 0) is 18.6 Å². The molecule has 0 amide bonds. The van der Waals surface area contributed by atoms with Gasteiger partial charge in [0.25, 0.3) is 0 Å². The molecule has 106 valence electrons. The molecule has 0 radical (unpaired) electrons. The van der Waals surface area contributed by atoms with Crippen LogP contribution in [0.15, 0.2) is 36.5 Å². The van der Waals surface area contributed by atoms with Crippen molar-refractivity contribution in [2.75, 3.05) is 12.3 Å². The summed E-state index contributed by atoms with van der Waals surface area (Å²) in [5.41, 5.74) is 7.38. The summed E-state index contributed by atoms with van der Waals surface area (Å²) >= 11 is 0. The molecule has 2 aromatic heterocycles. The van der Waals surface area contributed by atoms with Crippen LogP contribution in [0.25, 0.3) is 22.3 Å². The van der Waals surface area contributed by atoms with Gasteiger partial charge in [-0.1, -0.05) is 25.1 Å². The molecule has 0 saturated heterocycles. The lowest BCUT2D eigenvalue weighted by Crippen LogP contribution is -2.06. The number of pyridine rings is 1.